The molecule has 2 N–H and O–H groups in total. The van der Waals surface area contributed by atoms with E-state index < -0.39 is 0 Å². The highest BCUT2D eigenvalue weighted by Crippen LogP contribution is 2.29. The summed E-state index contributed by atoms with van der Waals surface area (Å²) in [5.74, 6) is 0. The van der Waals surface area contributed by atoms with Crippen LogP contribution < -0.4 is 5.73 Å². The molecule has 21 heavy (non-hydrogen) atoms. The lowest BCUT2D eigenvalue weighted by molar-refractivity contribution is 0.479. The molecule has 0 fully saturated rings. The van der Waals surface area contributed by atoms with E-state index in [0.717, 1.165) is 6.42 Å². The second-order valence-corrected chi connectivity index (χ2v) is 7.13. The first-order chi connectivity index (χ1) is 9.85. The number of hydrogen-bond acceptors (Lipinski definition) is 2. The molecule has 0 bridgehead atoms. The Labute approximate surface area is 128 Å². The number of pyridine rings is 1. The molecule has 0 radical (unpaired) electrons. The van der Waals surface area contributed by atoms with Gasteiger partial charge in [-0.1, -0.05) is 58.0 Å². The minimum absolute atomic E-state index is 0.0561. The maximum atomic E-state index is 6.09. The Hall–Kier alpha value is -1.67. The van der Waals surface area contributed by atoms with Crippen LogP contribution in [0, 0.1) is 0 Å². The van der Waals surface area contributed by atoms with Gasteiger partial charge in [-0.05, 0) is 34.6 Å². The molecule has 1 unspecified atom stereocenters. The van der Waals surface area contributed by atoms with Crippen molar-refractivity contribution in [3.63, 3.8) is 0 Å². The van der Waals surface area contributed by atoms with Crippen LogP contribution in [0.4, 0.5) is 0 Å². The standard InChI is InChI=1S/C19H26N2/c1-18(2,3)16-7-9-17(10-8-16)19(4,14-20)12-15-6-5-11-21-13-15/h5-11,13H,12,14,20H2,1-4H3. The monoisotopic (exact) mass is 282 g/mol. The lowest BCUT2D eigenvalue weighted by Gasteiger charge is -2.30. The zero-order valence-corrected chi connectivity index (χ0v) is 13.6. The van der Waals surface area contributed by atoms with E-state index in [1.54, 1.807) is 6.20 Å². The van der Waals surface area contributed by atoms with Gasteiger partial charge >= 0.3 is 0 Å². The van der Waals surface area contributed by atoms with E-state index in [9.17, 15) is 0 Å². The third-order valence-corrected chi connectivity index (χ3v) is 4.22. The Balaban J connectivity index is 2.28. The van der Waals surface area contributed by atoms with E-state index in [1.165, 1.54) is 16.7 Å². The number of hydrogen-bond donors (Lipinski definition) is 1. The topological polar surface area (TPSA) is 38.9 Å². The van der Waals surface area contributed by atoms with Gasteiger partial charge in [-0.15, -0.1) is 0 Å². The lowest BCUT2D eigenvalue weighted by Crippen LogP contribution is -2.34. The summed E-state index contributed by atoms with van der Waals surface area (Å²) in [7, 11) is 0. The van der Waals surface area contributed by atoms with Gasteiger partial charge in [0.2, 0.25) is 0 Å². The summed E-state index contributed by atoms with van der Waals surface area (Å²) in [4.78, 5) is 4.20. The van der Waals surface area contributed by atoms with Gasteiger partial charge in [-0.25, -0.2) is 0 Å². The zero-order valence-electron chi connectivity index (χ0n) is 13.6. The molecule has 0 aliphatic carbocycles. The minimum Gasteiger partial charge on any atom is -0.330 e. The molecular weight excluding hydrogens is 256 g/mol. The van der Waals surface area contributed by atoms with Crippen LogP contribution in [0.5, 0.6) is 0 Å². The Bertz CT molecular complexity index is 567. The summed E-state index contributed by atoms with van der Waals surface area (Å²) in [5.41, 5.74) is 10.1. The van der Waals surface area contributed by atoms with Crippen LogP contribution in [-0.2, 0) is 17.3 Å². The van der Waals surface area contributed by atoms with E-state index in [0.29, 0.717) is 6.54 Å². The zero-order chi connectivity index (χ0) is 15.5. The van der Waals surface area contributed by atoms with E-state index in [-0.39, 0.29) is 10.8 Å². The van der Waals surface area contributed by atoms with E-state index in [2.05, 4.69) is 63.0 Å². The van der Waals surface area contributed by atoms with Gasteiger partial charge in [-0.2, -0.15) is 0 Å². The summed E-state index contributed by atoms with van der Waals surface area (Å²) in [6.45, 7) is 9.56. The first-order valence-corrected chi connectivity index (χ1v) is 7.55. The Morgan fingerprint density at radius 1 is 0.952 bits per heavy atom. The van der Waals surface area contributed by atoms with Gasteiger partial charge in [0.1, 0.15) is 0 Å². The molecule has 2 nitrogen and oxygen atoms in total. The normalized spacial score (nSPS) is 14.7. The van der Waals surface area contributed by atoms with Crippen molar-refractivity contribution in [3.05, 3.63) is 65.5 Å². The van der Waals surface area contributed by atoms with Gasteiger partial charge in [0, 0.05) is 24.4 Å². The van der Waals surface area contributed by atoms with Crippen molar-refractivity contribution in [2.75, 3.05) is 6.54 Å². The van der Waals surface area contributed by atoms with Crippen LogP contribution in [0.1, 0.15) is 44.4 Å². The highest BCUT2D eigenvalue weighted by Gasteiger charge is 2.26. The summed E-state index contributed by atoms with van der Waals surface area (Å²) in [6, 6.07) is 13.0. The fraction of sp³-hybridized carbons (Fsp3) is 0.421. The fourth-order valence-electron chi connectivity index (χ4n) is 2.62. The molecule has 0 aliphatic heterocycles. The van der Waals surface area contributed by atoms with Crippen LogP contribution in [0.2, 0.25) is 0 Å². The Morgan fingerprint density at radius 3 is 2.05 bits per heavy atom. The number of aromatic nitrogens is 1. The van der Waals surface area contributed by atoms with E-state index >= 15 is 0 Å². The molecule has 0 spiro atoms. The quantitative estimate of drug-likeness (QED) is 0.925. The molecule has 2 heteroatoms. The summed E-state index contributed by atoms with van der Waals surface area (Å²) in [6.07, 6.45) is 4.64. The van der Waals surface area contributed by atoms with Crippen molar-refractivity contribution < 1.29 is 0 Å². The molecule has 0 amide bonds. The maximum Gasteiger partial charge on any atom is 0.0300 e. The van der Waals surface area contributed by atoms with Crippen molar-refractivity contribution in [2.24, 2.45) is 5.73 Å². The van der Waals surface area contributed by atoms with Crippen molar-refractivity contribution in [3.8, 4) is 0 Å². The van der Waals surface area contributed by atoms with Crippen LogP contribution in [-0.4, -0.2) is 11.5 Å². The molecule has 2 aromatic rings. The molecule has 2 rings (SSSR count). The maximum absolute atomic E-state index is 6.09. The van der Waals surface area contributed by atoms with Crippen LogP contribution in [0.25, 0.3) is 0 Å². The molecule has 0 saturated carbocycles. The summed E-state index contributed by atoms with van der Waals surface area (Å²) < 4.78 is 0. The van der Waals surface area contributed by atoms with Gasteiger partial charge in [0.05, 0.1) is 0 Å². The average molecular weight is 282 g/mol. The Morgan fingerprint density at radius 2 is 1.57 bits per heavy atom. The van der Waals surface area contributed by atoms with Crippen molar-refractivity contribution in [1.82, 2.24) is 4.98 Å². The SMILES string of the molecule is CC(C)(C)c1ccc(C(C)(CN)Cc2cccnc2)cc1. The average Bonchev–Trinajstić information content (AvgIpc) is 2.47. The highest BCUT2D eigenvalue weighted by molar-refractivity contribution is 5.33. The first-order valence-electron chi connectivity index (χ1n) is 7.55. The van der Waals surface area contributed by atoms with Gasteiger partial charge in [0.25, 0.3) is 0 Å². The molecular formula is C19H26N2. The summed E-state index contributed by atoms with van der Waals surface area (Å²) in [5, 5.41) is 0. The second kappa shape index (κ2) is 5.98. The number of nitrogens with zero attached hydrogens (tertiary/aromatic N) is 1. The van der Waals surface area contributed by atoms with Gasteiger partial charge in [0.15, 0.2) is 0 Å². The lowest BCUT2D eigenvalue weighted by atomic mass is 9.76. The van der Waals surface area contributed by atoms with Crippen molar-refractivity contribution in [2.45, 2.75) is 44.9 Å². The number of rotatable bonds is 4. The number of nitrogens with two attached hydrogens (primary N) is 1. The largest absolute Gasteiger partial charge is 0.330 e. The highest BCUT2D eigenvalue weighted by atomic mass is 14.6. The second-order valence-electron chi connectivity index (χ2n) is 7.13. The smallest absolute Gasteiger partial charge is 0.0300 e. The van der Waals surface area contributed by atoms with Gasteiger partial charge in [-0.3, -0.25) is 4.98 Å². The van der Waals surface area contributed by atoms with Crippen molar-refractivity contribution >= 4 is 0 Å². The molecule has 112 valence electrons. The Kier molecular flexibility index (Phi) is 4.48. The first kappa shape index (κ1) is 15.7. The molecule has 0 saturated heterocycles. The molecule has 1 heterocycles. The summed E-state index contributed by atoms with van der Waals surface area (Å²) >= 11 is 0. The fourth-order valence-corrected chi connectivity index (χ4v) is 2.62. The third-order valence-electron chi connectivity index (χ3n) is 4.22. The third kappa shape index (κ3) is 3.70. The van der Waals surface area contributed by atoms with E-state index in [1.807, 2.05) is 12.3 Å². The molecule has 1 aromatic carbocycles. The van der Waals surface area contributed by atoms with Crippen LogP contribution in [0.3, 0.4) is 0 Å². The predicted molar refractivity (Wildman–Crippen MR) is 89.5 cm³/mol. The number of benzene rings is 1. The van der Waals surface area contributed by atoms with Crippen LogP contribution >= 0.6 is 0 Å². The molecule has 0 aliphatic rings. The minimum atomic E-state index is -0.0561. The molecule has 1 atom stereocenters. The molecule has 1 aromatic heterocycles. The van der Waals surface area contributed by atoms with Gasteiger partial charge < -0.3 is 5.73 Å². The predicted octanol–water partition coefficient (Wildman–Crippen LogP) is 3.84. The van der Waals surface area contributed by atoms with Crippen molar-refractivity contribution in [1.29, 1.82) is 0 Å². The van der Waals surface area contributed by atoms with Crippen LogP contribution in [0.15, 0.2) is 48.8 Å². The van der Waals surface area contributed by atoms with E-state index in [4.69, 9.17) is 5.73 Å².